The standard InChI is InChI=1S/C21H38N4O2S.HI/c1-17(26-4)20-24-18(16-28-20)15-25(3)21(22-2)23-13-9-6-10-14-27-19-11-7-5-8-12-19;/h16-17,19H,5-15H2,1-4H3,(H,22,23);1H. The molecule has 0 aliphatic heterocycles. The molecule has 29 heavy (non-hydrogen) atoms. The Kier molecular flexibility index (Phi) is 14.1. The van der Waals surface area contributed by atoms with Crippen LogP contribution < -0.4 is 5.32 Å². The van der Waals surface area contributed by atoms with E-state index in [1.54, 1.807) is 18.4 Å². The molecule has 0 aromatic carbocycles. The molecule has 1 N–H and O–H groups in total. The van der Waals surface area contributed by atoms with Crippen molar-refractivity contribution >= 4 is 41.3 Å². The molecule has 0 spiro atoms. The third-order valence-corrected chi connectivity index (χ3v) is 6.31. The number of hydrogen-bond acceptors (Lipinski definition) is 5. The summed E-state index contributed by atoms with van der Waals surface area (Å²) in [4.78, 5) is 11.2. The van der Waals surface area contributed by atoms with Crippen molar-refractivity contribution in [3.8, 4) is 0 Å². The van der Waals surface area contributed by atoms with Gasteiger partial charge in [-0.15, -0.1) is 35.3 Å². The van der Waals surface area contributed by atoms with Crippen molar-refractivity contribution in [1.29, 1.82) is 0 Å². The number of methoxy groups -OCH3 is 1. The van der Waals surface area contributed by atoms with Crippen LogP contribution in [-0.2, 0) is 16.0 Å². The van der Waals surface area contributed by atoms with E-state index in [4.69, 9.17) is 9.47 Å². The van der Waals surface area contributed by atoms with E-state index in [1.807, 2.05) is 21.0 Å². The van der Waals surface area contributed by atoms with E-state index in [2.05, 4.69) is 25.6 Å². The number of nitrogens with zero attached hydrogens (tertiary/aromatic N) is 3. The molecule has 8 heteroatoms. The van der Waals surface area contributed by atoms with Gasteiger partial charge in [0, 0.05) is 39.7 Å². The highest BCUT2D eigenvalue weighted by Crippen LogP contribution is 2.21. The Morgan fingerprint density at radius 3 is 2.76 bits per heavy atom. The molecule has 0 amide bonds. The summed E-state index contributed by atoms with van der Waals surface area (Å²) in [5.74, 6) is 0.910. The van der Waals surface area contributed by atoms with Crippen LogP contribution in [0, 0.1) is 0 Å². The molecule has 0 bridgehead atoms. The number of rotatable bonds is 11. The predicted octanol–water partition coefficient (Wildman–Crippen LogP) is 5.00. The summed E-state index contributed by atoms with van der Waals surface area (Å²) in [6.45, 7) is 4.60. The molecule has 6 nitrogen and oxygen atoms in total. The minimum absolute atomic E-state index is 0. The quantitative estimate of drug-likeness (QED) is 0.186. The second-order valence-electron chi connectivity index (χ2n) is 7.58. The van der Waals surface area contributed by atoms with Crippen molar-refractivity contribution in [3.63, 3.8) is 0 Å². The highest BCUT2D eigenvalue weighted by Gasteiger charge is 2.14. The van der Waals surface area contributed by atoms with Crippen molar-refractivity contribution in [3.05, 3.63) is 16.1 Å². The Balaban J connectivity index is 0.00000420. The number of unbranched alkanes of at least 4 members (excludes halogenated alkanes) is 2. The Hall–Kier alpha value is -0.450. The summed E-state index contributed by atoms with van der Waals surface area (Å²) < 4.78 is 11.3. The fraction of sp³-hybridized carbons (Fsp3) is 0.810. The van der Waals surface area contributed by atoms with Crippen molar-refractivity contribution in [1.82, 2.24) is 15.2 Å². The van der Waals surface area contributed by atoms with Gasteiger partial charge >= 0.3 is 0 Å². The zero-order chi connectivity index (χ0) is 20.2. The van der Waals surface area contributed by atoms with E-state index >= 15 is 0 Å². The third-order valence-electron chi connectivity index (χ3n) is 5.25. The lowest BCUT2D eigenvalue weighted by atomic mass is 9.98. The van der Waals surface area contributed by atoms with E-state index in [0.717, 1.165) is 49.2 Å². The molecule has 1 aliphatic carbocycles. The first-order valence-electron chi connectivity index (χ1n) is 10.6. The molecular formula is C21H39IN4O2S. The van der Waals surface area contributed by atoms with Gasteiger partial charge in [-0.2, -0.15) is 0 Å². The smallest absolute Gasteiger partial charge is 0.193 e. The van der Waals surface area contributed by atoms with E-state index in [0.29, 0.717) is 6.10 Å². The van der Waals surface area contributed by atoms with Crippen LogP contribution in [0.2, 0.25) is 0 Å². The summed E-state index contributed by atoms with van der Waals surface area (Å²) in [7, 11) is 5.59. The van der Waals surface area contributed by atoms with Gasteiger partial charge in [-0.25, -0.2) is 4.98 Å². The maximum atomic E-state index is 6.00. The fourth-order valence-electron chi connectivity index (χ4n) is 3.47. The average molecular weight is 539 g/mol. The summed E-state index contributed by atoms with van der Waals surface area (Å²) in [6, 6.07) is 0. The maximum absolute atomic E-state index is 6.00. The Morgan fingerprint density at radius 2 is 2.07 bits per heavy atom. The van der Waals surface area contributed by atoms with Gasteiger partial charge in [-0.1, -0.05) is 19.3 Å². The number of aromatic nitrogens is 1. The molecule has 1 aliphatic rings. The molecule has 1 aromatic heterocycles. The van der Waals surface area contributed by atoms with E-state index in [9.17, 15) is 0 Å². The predicted molar refractivity (Wildman–Crippen MR) is 132 cm³/mol. The highest BCUT2D eigenvalue weighted by atomic mass is 127. The Labute approximate surface area is 197 Å². The molecule has 2 rings (SSSR count). The van der Waals surface area contributed by atoms with Gasteiger partial charge in [-0.3, -0.25) is 4.99 Å². The monoisotopic (exact) mass is 538 g/mol. The van der Waals surface area contributed by atoms with Crippen LogP contribution in [0.1, 0.15) is 75.1 Å². The minimum atomic E-state index is 0. The Morgan fingerprint density at radius 1 is 1.31 bits per heavy atom. The molecule has 0 saturated heterocycles. The zero-order valence-corrected chi connectivity index (χ0v) is 21.6. The van der Waals surface area contributed by atoms with Crippen LogP contribution in [0.3, 0.4) is 0 Å². The molecule has 1 fully saturated rings. The maximum Gasteiger partial charge on any atom is 0.193 e. The third kappa shape index (κ3) is 9.93. The number of guanidine groups is 1. The van der Waals surface area contributed by atoms with E-state index < -0.39 is 0 Å². The average Bonchev–Trinajstić information content (AvgIpc) is 3.18. The van der Waals surface area contributed by atoms with Crippen LogP contribution in [-0.4, -0.2) is 56.3 Å². The molecule has 1 unspecified atom stereocenters. The normalized spacial score (nSPS) is 16.3. The van der Waals surface area contributed by atoms with Gasteiger partial charge in [0.2, 0.25) is 0 Å². The first-order chi connectivity index (χ1) is 13.6. The summed E-state index contributed by atoms with van der Waals surface area (Å²) >= 11 is 1.65. The van der Waals surface area contributed by atoms with Gasteiger partial charge in [0.1, 0.15) is 11.1 Å². The first kappa shape index (κ1) is 26.6. The summed E-state index contributed by atoms with van der Waals surface area (Å²) in [5, 5.41) is 6.57. The Bertz CT molecular complexity index is 579. The second-order valence-corrected chi connectivity index (χ2v) is 8.47. The topological polar surface area (TPSA) is 59.0 Å². The van der Waals surface area contributed by atoms with Gasteiger partial charge in [0.25, 0.3) is 0 Å². The van der Waals surface area contributed by atoms with E-state index in [1.165, 1.54) is 38.5 Å². The van der Waals surface area contributed by atoms with Crippen molar-refractivity contribution < 1.29 is 9.47 Å². The fourth-order valence-corrected chi connectivity index (χ4v) is 4.31. The number of ether oxygens (including phenoxy) is 2. The summed E-state index contributed by atoms with van der Waals surface area (Å²) in [5.41, 5.74) is 1.05. The zero-order valence-electron chi connectivity index (χ0n) is 18.5. The van der Waals surface area contributed by atoms with Crippen LogP contribution in [0.25, 0.3) is 0 Å². The molecule has 1 heterocycles. The van der Waals surface area contributed by atoms with Crippen molar-refractivity contribution in [2.75, 3.05) is 34.4 Å². The largest absolute Gasteiger partial charge is 0.378 e. The molecule has 1 aromatic rings. The number of aliphatic imine (C=N–C) groups is 1. The van der Waals surface area contributed by atoms with Crippen molar-refractivity contribution in [2.45, 2.75) is 77.0 Å². The lowest BCUT2D eigenvalue weighted by molar-refractivity contribution is 0.0264. The van der Waals surface area contributed by atoms with Crippen molar-refractivity contribution in [2.24, 2.45) is 4.99 Å². The summed E-state index contributed by atoms with van der Waals surface area (Å²) in [6.07, 6.45) is 10.6. The highest BCUT2D eigenvalue weighted by molar-refractivity contribution is 14.0. The van der Waals surface area contributed by atoms with Crippen LogP contribution in [0.15, 0.2) is 10.4 Å². The minimum Gasteiger partial charge on any atom is -0.378 e. The van der Waals surface area contributed by atoms with Gasteiger partial charge in [0.05, 0.1) is 18.3 Å². The second kappa shape index (κ2) is 15.4. The number of thiazole rings is 1. The number of hydrogen-bond donors (Lipinski definition) is 1. The number of halogens is 1. The van der Waals surface area contributed by atoms with Crippen LogP contribution >= 0.6 is 35.3 Å². The van der Waals surface area contributed by atoms with E-state index in [-0.39, 0.29) is 30.1 Å². The van der Waals surface area contributed by atoms with Gasteiger partial charge < -0.3 is 19.7 Å². The SMILES string of the molecule is CN=C(NCCCCCOC1CCCCC1)N(C)Cc1csc(C(C)OC)n1.I. The first-order valence-corrected chi connectivity index (χ1v) is 11.5. The van der Waals surface area contributed by atoms with Crippen LogP contribution in [0.4, 0.5) is 0 Å². The molecule has 0 radical (unpaired) electrons. The lowest BCUT2D eigenvalue weighted by Crippen LogP contribution is -2.39. The number of nitrogens with one attached hydrogen (secondary N) is 1. The lowest BCUT2D eigenvalue weighted by Gasteiger charge is -2.22. The molecule has 1 saturated carbocycles. The van der Waals surface area contributed by atoms with Crippen LogP contribution in [0.5, 0.6) is 0 Å². The molecule has 168 valence electrons. The molecule has 1 atom stereocenters. The molecular weight excluding hydrogens is 499 g/mol. The van der Waals surface area contributed by atoms with Gasteiger partial charge in [0.15, 0.2) is 5.96 Å². The van der Waals surface area contributed by atoms with Gasteiger partial charge in [-0.05, 0) is 39.0 Å².